The molecule has 0 amide bonds. The molecule has 0 aliphatic carbocycles. The van der Waals surface area contributed by atoms with E-state index in [2.05, 4.69) is 11.0 Å². The van der Waals surface area contributed by atoms with Crippen LogP contribution in [0.2, 0.25) is 5.02 Å². The summed E-state index contributed by atoms with van der Waals surface area (Å²) in [6, 6.07) is 7.23. The third-order valence-corrected chi connectivity index (χ3v) is 3.91. The minimum atomic E-state index is -0.379. The number of hydrogen-bond donors (Lipinski definition) is 0. The van der Waals surface area contributed by atoms with E-state index in [4.69, 9.17) is 16.9 Å². The molecule has 18 heavy (non-hydrogen) atoms. The van der Waals surface area contributed by atoms with E-state index in [1.807, 2.05) is 6.92 Å². The zero-order chi connectivity index (χ0) is 13.2. The molecule has 4 heteroatoms. The highest BCUT2D eigenvalue weighted by atomic mass is 35.5. The first-order chi connectivity index (χ1) is 8.52. The number of likely N-dealkylation sites (tertiary alicyclic amines) is 1. The Hall–Kier alpha value is -1.11. The van der Waals surface area contributed by atoms with Crippen LogP contribution in [0.3, 0.4) is 0 Å². The molecule has 0 atom stereocenters. The van der Waals surface area contributed by atoms with Crippen LogP contribution in [0.5, 0.6) is 0 Å². The van der Waals surface area contributed by atoms with Crippen molar-refractivity contribution in [2.24, 2.45) is 5.41 Å². The summed E-state index contributed by atoms with van der Waals surface area (Å²) in [6.45, 7) is 4.58. The molecule has 0 spiro atoms. The lowest BCUT2D eigenvalue weighted by Crippen LogP contribution is -2.37. The van der Waals surface area contributed by atoms with Gasteiger partial charge >= 0.3 is 0 Å². The Morgan fingerprint density at radius 1 is 1.44 bits per heavy atom. The number of halogens is 2. The van der Waals surface area contributed by atoms with Gasteiger partial charge in [-0.3, -0.25) is 4.90 Å². The molecule has 1 aromatic rings. The van der Waals surface area contributed by atoms with Crippen molar-refractivity contribution in [1.82, 2.24) is 4.90 Å². The van der Waals surface area contributed by atoms with Gasteiger partial charge in [-0.25, -0.2) is 4.39 Å². The third kappa shape index (κ3) is 3.01. The van der Waals surface area contributed by atoms with Crippen LogP contribution in [-0.4, -0.2) is 18.0 Å². The van der Waals surface area contributed by atoms with Crippen LogP contribution < -0.4 is 0 Å². The third-order valence-electron chi connectivity index (χ3n) is 3.62. The van der Waals surface area contributed by atoms with E-state index in [1.165, 1.54) is 6.07 Å². The quantitative estimate of drug-likeness (QED) is 0.818. The Morgan fingerprint density at radius 3 is 2.67 bits per heavy atom. The van der Waals surface area contributed by atoms with Gasteiger partial charge in [-0.05, 0) is 50.6 Å². The van der Waals surface area contributed by atoms with E-state index in [-0.39, 0.29) is 16.3 Å². The second kappa shape index (κ2) is 5.26. The maximum absolute atomic E-state index is 13.0. The molecule has 2 rings (SSSR count). The topological polar surface area (TPSA) is 27.0 Å². The Bertz CT molecular complexity index is 473. The average molecular weight is 267 g/mol. The molecule has 0 radical (unpaired) electrons. The number of nitriles is 1. The van der Waals surface area contributed by atoms with Crippen LogP contribution in [0.25, 0.3) is 0 Å². The molecule has 0 N–H and O–H groups in total. The molecule has 1 heterocycles. The zero-order valence-electron chi connectivity index (χ0n) is 10.4. The Labute approximate surface area is 112 Å². The van der Waals surface area contributed by atoms with Crippen molar-refractivity contribution in [3.8, 4) is 6.07 Å². The maximum Gasteiger partial charge on any atom is 0.141 e. The molecule has 1 saturated heterocycles. The Balaban J connectivity index is 1.96. The fourth-order valence-electron chi connectivity index (χ4n) is 2.21. The van der Waals surface area contributed by atoms with Gasteiger partial charge in [0, 0.05) is 6.54 Å². The van der Waals surface area contributed by atoms with E-state index in [1.54, 1.807) is 12.1 Å². The van der Waals surface area contributed by atoms with Crippen molar-refractivity contribution in [3.63, 3.8) is 0 Å². The van der Waals surface area contributed by atoms with Crippen molar-refractivity contribution in [2.45, 2.75) is 26.3 Å². The molecule has 1 aromatic carbocycles. The van der Waals surface area contributed by atoms with Crippen LogP contribution >= 0.6 is 11.6 Å². The zero-order valence-corrected chi connectivity index (χ0v) is 11.2. The number of benzene rings is 1. The molecular formula is C14H16ClFN2. The highest BCUT2D eigenvalue weighted by molar-refractivity contribution is 6.30. The molecule has 0 bridgehead atoms. The minimum Gasteiger partial charge on any atom is -0.299 e. The monoisotopic (exact) mass is 266 g/mol. The number of piperidine rings is 1. The second-order valence-corrected chi connectivity index (χ2v) is 5.60. The lowest BCUT2D eigenvalue weighted by molar-refractivity contribution is 0.150. The summed E-state index contributed by atoms with van der Waals surface area (Å²) in [7, 11) is 0. The molecule has 0 aromatic heterocycles. The van der Waals surface area contributed by atoms with Crippen molar-refractivity contribution < 1.29 is 4.39 Å². The number of hydrogen-bond acceptors (Lipinski definition) is 2. The maximum atomic E-state index is 13.0. The van der Waals surface area contributed by atoms with Gasteiger partial charge < -0.3 is 0 Å². The summed E-state index contributed by atoms with van der Waals surface area (Å²) in [6.07, 6.45) is 1.77. The molecule has 1 fully saturated rings. The van der Waals surface area contributed by atoms with Crippen molar-refractivity contribution in [1.29, 1.82) is 5.26 Å². The summed E-state index contributed by atoms with van der Waals surface area (Å²) in [5.74, 6) is -0.379. The normalized spacial score (nSPS) is 19.4. The lowest BCUT2D eigenvalue weighted by atomic mass is 9.82. The van der Waals surface area contributed by atoms with Gasteiger partial charge in [0.2, 0.25) is 0 Å². The summed E-state index contributed by atoms with van der Waals surface area (Å²) < 4.78 is 13.0. The van der Waals surface area contributed by atoms with Crippen molar-refractivity contribution >= 4 is 11.6 Å². The van der Waals surface area contributed by atoms with E-state index in [0.717, 1.165) is 38.0 Å². The lowest BCUT2D eigenvalue weighted by Gasteiger charge is -2.34. The van der Waals surface area contributed by atoms with Gasteiger partial charge in [0.1, 0.15) is 5.82 Å². The summed E-state index contributed by atoms with van der Waals surface area (Å²) in [5, 5.41) is 9.24. The Kier molecular flexibility index (Phi) is 3.89. The summed E-state index contributed by atoms with van der Waals surface area (Å²) >= 11 is 5.76. The predicted octanol–water partition coefficient (Wildman–Crippen LogP) is 3.60. The molecule has 0 saturated carbocycles. The molecule has 2 nitrogen and oxygen atoms in total. The van der Waals surface area contributed by atoms with Gasteiger partial charge in [0.15, 0.2) is 0 Å². The fraction of sp³-hybridized carbons (Fsp3) is 0.500. The highest BCUT2D eigenvalue weighted by Gasteiger charge is 2.29. The van der Waals surface area contributed by atoms with Crippen LogP contribution in [0.1, 0.15) is 25.3 Å². The van der Waals surface area contributed by atoms with Gasteiger partial charge in [-0.2, -0.15) is 5.26 Å². The van der Waals surface area contributed by atoms with Gasteiger partial charge in [-0.1, -0.05) is 17.7 Å². The fourth-order valence-corrected chi connectivity index (χ4v) is 2.42. The second-order valence-electron chi connectivity index (χ2n) is 5.20. The van der Waals surface area contributed by atoms with E-state index >= 15 is 0 Å². The smallest absolute Gasteiger partial charge is 0.141 e. The van der Waals surface area contributed by atoms with E-state index in [9.17, 15) is 4.39 Å². The minimum absolute atomic E-state index is 0.173. The first kappa shape index (κ1) is 13.3. The van der Waals surface area contributed by atoms with E-state index < -0.39 is 0 Å². The van der Waals surface area contributed by atoms with Crippen LogP contribution in [0.4, 0.5) is 4.39 Å². The van der Waals surface area contributed by atoms with Crippen LogP contribution in [0.15, 0.2) is 18.2 Å². The summed E-state index contributed by atoms with van der Waals surface area (Å²) in [4.78, 5) is 2.28. The van der Waals surface area contributed by atoms with Crippen LogP contribution in [-0.2, 0) is 6.54 Å². The van der Waals surface area contributed by atoms with Crippen LogP contribution in [0, 0.1) is 22.6 Å². The number of rotatable bonds is 2. The standard InChI is InChI=1S/C14H16ClFN2/c1-14(10-17)4-6-18(7-5-14)9-11-2-3-13(16)12(15)8-11/h2-3,8H,4-7,9H2,1H3. The Morgan fingerprint density at radius 2 is 2.11 bits per heavy atom. The van der Waals surface area contributed by atoms with Gasteiger partial charge in [-0.15, -0.1) is 0 Å². The largest absolute Gasteiger partial charge is 0.299 e. The predicted molar refractivity (Wildman–Crippen MR) is 69.6 cm³/mol. The molecule has 1 aliphatic rings. The molecule has 96 valence electrons. The average Bonchev–Trinajstić information content (AvgIpc) is 2.37. The highest BCUT2D eigenvalue weighted by Crippen LogP contribution is 2.30. The van der Waals surface area contributed by atoms with Crippen molar-refractivity contribution in [3.05, 3.63) is 34.6 Å². The SMILES string of the molecule is CC1(C#N)CCN(Cc2ccc(F)c(Cl)c2)CC1. The van der Waals surface area contributed by atoms with Gasteiger partial charge in [0.05, 0.1) is 16.5 Å². The summed E-state index contributed by atoms with van der Waals surface area (Å²) in [5.41, 5.74) is 0.832. The molecule has 0 unspecified atom stereocenters. The van der Waals surface area contributed by atoms with Gasteiger partial charge in [0.25, 0.3) is 0 Å². The van der Waals surface area contributed by atoms with E-state index in [0.29, 0.717) is 0 Å². The first-order valence-electron chi connectivity index (χ1n) is 6.10. The number of nitrogens with zero attached hydrogens (tertiary/aromatic N) is 2. The first-order valence-corrected chi connectivity index (χ1v) is 6.48. The van der Waals surface area contributed by atoms with Crippen molar-refractivity contribution in [2.75, 3.05) is 13.1 Å². The molecular weight excluding hydrogens is 251 g/mol. The molecule has 1 aliphatic heterocycles.